The largest absolute Gasteiger partial charge is 0.342 e. The molecule has 136 valence electrons. The van der Waals surface area contributed by atoms with Crippen LogP contribution in [-0.2, 0) is 21.1 Å². The number of aryl methyl sites for hydroxylation is 3. The minimum absolute atomic E-state index is 0.0300. The summed E-state index contributed by atoms with van der Waals surface area (Å²) in [7, 11) is -1.29. The molecule has 0 N–H and O–H groups in total. The average molecular weight is 364 g/mol. The van der Waals surface area contributed by atoms with E-state index in [9.17, 15) is 13.2 Å². The van der Waals surface area contributed by atoms with Gasteiger partial charge < -0.3 is 4.90 Å². The van der Waals surface area contributed by atoms with Crippen LogP contribution < -0.4 is 0 Å². The van der Waals surface area contributed by atoms with Crippen LogP contribution in [0.2, 0.25) is 0 Å². The second-order valence-corrected chi connectivity index (χ2v) is 9.11. The third-order valence-electron chi connectivity index (χ3n) is 5.02. The van der Waals surface area contributed by atoms with Crippen LogP contribution in [0.25, 0.3) is 5.65 Å². The number of hydrogen-bond acceptors (Lipinski definition) is 5. The minimum atomic E-state index is -2.99. The molecule has 1 saturated heterocycles. The normalized spacial score (nSPS) is 19.4. The molecule has 1 fully saturated rings. The lowest BCUT2D eigenvalue weighted by molar-refractivity contribution is -0.131. The van der Waals surface area contributed by atoms with Crippen LogP contribution in [0.15, 0.2) is 6.07 Å². The zero-order valence-electron chi connectivity index (χ0n) is 15.1. The van der Waals surface area contributed by atoms with Crippen molar-refractivity contribution in [2.75, 3.05) is 18.6 Å². The zero-order chi connectivity index (χ0) is 18.4. The number of sulfone groups is 1. The second-order valence-electron chi connectivity index (χ2n) is 6.88. The lowest BCUT2D eigenvalue weighted by Gasteiger charge is -2.23. The quantitative estimate of drug-likeness (QED) is 0.815. The summed E-state index contributed by atoms with van der Waals surface area (Å²) in [6, 6.07) is 1.73. The Hall–Kier alpha value is -1.96. The van der Waals surface area contributed by atoms with Crippen molar-refractivity contribution in [3.8, 4) is 0 Å². The fourth-order valence-electron chi connectivity index (χ4n) is 3.50. The van der Waals surface area contributed by atoms with E-state index in [-0.39, 0.29) is 23.5 Å². The number of hydrogen-bond donors (Lipinski definition) is 0. The van der Waals surface area contributed by atoms with Crippen LogP contribution in [0.1, 0.15) is 35.5 Å². The Kier molecular flexibility index (Phi) is 4.57. The average Bonchev–Trinajstić information content (AvgIpc) is 3.07. The minimum Gasteiger partial charge on any atom is -0.342 e. The van der Waals surface area contributed by atoms with Gasteiger partial charge in [0.05, 0.1) is 17.2 Å². The van der Waals surface area contributed by atoms with Crippen LogP contribution in [0.3, 0.4) is 0 Å². The highest BCUT2D eigenvalue weighted by Crippen LogP contribution is 2.20. The summed E-state index contributed by atoms with van der Waals surface area (Å²) < 4.78 is 25.0. The van der Waals surface area contributed by atoms with Gasteiger partial charge in [-0.25, -0.2) is 17.9 Å². The monoisotopic (exact) mass is 364 g/mol. The summed E-state index contributed by atoms with van der Waals surface area (Å²) in [5.41, 5.74) is 4.65. The lowest BCUT2D eigenvalue weighted by Crippen LogP contribution is -2.38. The molecule has 3 rings (SSSR count). The molecule has 2 aromatic rings. The molecule has 3 heterocycles. The van der Waals surface area contributed by atoms with Gasteiger partial charge in [0.25, 0.3) is 0 Å². The van der Waals surface area contributed by atoms with Crippen LogP contribution in [0.4, 0.5) is 0 Å². The first kappa shape index (κ1) is 17.8. The molecular formula is C17H24N4O3S. The van der Waals surface area contributed by atoms with Gasteiger partial charge in [0.1, 0.15) is 0 Å². The Morgan fingerprint density at radius 1 is 1.36 bits per heavy atom. The summed E-state index contributed by atoms with van der Waals surface area (Å²) in [6.07, 6.45) is 1.44. The third-order valence-corrected chi connectivity index (χ3v) is 6.77. The van der Waals surface area contributed by atoms with Gasteiger partial charge in [0.2, 0.25) is 5.91 Å². The van der Waals surface area contributed by atoms with E-state index < -0.39 is 9.84 Å². The predicted octanol–water partition coefficient (Wildman–Crippen LogP) is 1.23. The van der Waals surface area contributed by atoms with E-state index in [1.165, 1.54) is 0 Å². The molecule has 1 amide bonds. The number of aromatic nitrogens is 3. The van der Waals surface area contributed by atoms with Crippen molar-refractivity contribution >= 4 is 21.4 Å². The molecule has 1 aliphatic heterocycles. The summed E-state index contributed by atoms with van der Waals surface area (Å²) in [5, 5.41) is 4.45. The van der Waals surface area contributed by atoms with Crippen molar-refractivity contribution in [2.24, 2.45) is 0 Å². The Labute approximate surface area is 148 Å². The number of carbonyl (C=O) groups is 1. The Morgan fingerprint density at radius 3 is 2.72 bits per heavy atom. The molecule has 0 saturated carbocycles. The summed E-state index contributed by atoms with van der Waals surface area (Å²) in [4.78, 5) is 18.7. The number of amides is 1. The van der Waals surface area contributed by atoms with Gasteiger partial charge in [0.15, 0.2) is 15.5 Å². The zero-order valence-corrected chi connectivity index (χ0v) is 15.9. The standard InChI is InChI=1S/C17H24N4O3S/c1-11-9-16-18-12(2)15(13(3)21(16)19-11)5-6-17(22)20(4)14-7-8-25(23,24)10-14/h9,14H,5-8,10H2,1-4H3/t14-/m0/s1. The van der Waals surface area contributed by atoms with Gasteiger partial charge >= 0.3 is 0 Å². The number of nitrogens with zero attached hydrogens (tertiary/aromatic N) is 4. The van der Waals surface area contributed by atoms with Gasteiger partial charge in [-0.1, -0.05) is 0 Å². The molecule has 0 spiro atoms. The van der Waals surface area contributed by atoms with E-state index in [4.69, 9.17) is 0 Å². The number of fused-ring (bicyclic) bond motifs is 1. The summed E-state index contributed by atoms with van der Waals surface area (Å²) in [6.45, 7) is 5.86. The Bertz CT molecular complexity index is 933. The first-order chi connectivity index (χ1) is 11.7. The maximum atomic E-state index is 12.5. The molecule has 0 aliphatic carbocycles. The summed E-state index contributed by atoms with van der Waals surface area (Å²) in [5.74, 6) is 0.220. The van der Waals surface area contributed by atoms with E-state index in [1.807, 2.05) is 31.4 Å². The van der Waals surface area contributed by atoms with Gasteiger partial charge in [-0.3, -0.25) is 4.79 Å². The van der Waals surface area contributed by atoms with Crippen LogP contribution in [-0.4, -0.2) is 58.4 Å². The lowest BCUT2D eigenvalue weighted by atomic mass is 10.1. The van der Waals surface area contributed by atoms with Crippen molar-refractivity contribution in [3.05, 3.63) is 28.7 Å². The van der Waals surface area contributed by atoms with Gasteiger partial charge in [-0.2, -0.15) is 5.10 Å². The third kappa shape index (κ3) is 3.53. The smallest absolute Gasteiger partial charge is 0.222 e. The fraction of sp³-hybridized carbons (Fsp3) is 0.588. The van der Waals surface area contributed by atoms with E-state index in [1.54, 1.807) is 11.9 Å². The highest BCUT2D eigenvalue weighted by Gasteiger charge is 2.32. The Balaban J connectivity index is 1.73. The molecule has 8 heteroatoms. The highest BCUT2D eigenvalue weighted by molar-refractivity contribution is 7.91. The molecule has 0 unspecified atom stereocenters. The van der Waals surface area contributed by atoms with Crippen molar-refractivity contribution in [1.82, 2.24) is 19.5 Å². The van der Waals surface area contributed by atoms with Crippen LogP contribution in [0, 0.1) is 20.8 Å². The van der Waals surface area contributed by atoms with Crippen LogP contribution >= 0.6 is 0 Å². The topological polar surface area (TPSA) is 84.6 Å². The van der Waals surface area contributed by atoms with E-state index >= 15 is 0 Å². The van der Waals surface area contributed by atoms with Gasteiger partial charge in [0, 0.05) is 37.0 Å². The van der Waals surface area contributed by atoms with Gasteiger partial charge in [-0.15, -0.1) is 0 Å². The van der Waals surface area contributed by atoms with Crippen molar-refractivity contribution in [3.63, 3.8) is 0 Å². The maximum Gasteiger partial charge on any atom is 0.222 e. The van der Waals surface area contributed by atoms with E-state index in [0.717, 1.165) is 28.3 Å². The number of carbonyl (C=O) groups excluding carboxylic acids is 1. The van der Waals surface area contributed by atoms with E-state index in [2.05, 4.69) is 10.1 Å². The fourth-order valence-corrected chi connectivity index (χ4v) is 5.27. The molecule has 0 radical (unpaired) electrons. The molecule has 0 aromatic carbocycles. The highest BCUT2D eigenvalue weighted by atomic mass is 32.2. The van der Waals surface area contributed by atoms with Crippen molar-refractivity contribution in [2.45, 2.75) is 46.1 Å². The van der Waals surface area contributed by atoms with Crippen molar-refractivity contribution < 1.29 is 13.2 Å². The molecule has 7 nitrogen and oxygen atoms in total. The molecular weight excluding hydrogens is 340 g/mol. The molecule has 25 heavy (non-hydrogen) atoms. The SMILES string of the molecule is Cc1cc2nc(C)c(CCC(=O)N(C)[C@H]3CCS(=O)(=O)C3)c(C)n2n1. The van der Waals surface area contributed by atoms with Gasteiger partial charge in [-0.05, 0) is 39.2 Å². The molecule has 0 bridgehead atoms. The maximum absolute atomic E-state index is 12.5. The second kappa shape index (κ2) is 6.40. The first-order valence-electron chi connectivity index (χ1n) is 8.46. The van der Waals surface area contributed by atoms with E-state index in [0.29, 0.717) is 19.3 Å². The number of rotatable bonds is 4. The van der Waals surface area contributed by atoms with Crippen LogP contribution in [0.5, 0.6) is 0 Å². The molecule has 1 aliphatic rings. The van der Waals surface area contributed by atoms with Crippen molar-refractivity contribution in [1.29, 1.82) is 0 Å². The first-order valence-corrected chi connectivity index (χ1v) is 10.3. The summed E-state index contributed by atoms with van der Waals surface area (Å²) >= 11 is 0. The molecule has 1 atom stereocenters. The molecule has 2 aromatic heterocycles. The Morgan fingerprint density at radius 2 is 2.08 bits per heavy atom. The predicted molar refractivity (Wildman–Crippen MR) is 95.3 cm³/mol.